The van der Waals surface area contributed by atoms with E-state index in [2.05, 4.69) is 5.43 Å². The summed E-state index contributed by atoms with van der Waals surface area (Å²) in [6.45, 7) is 4.00. The van der Waals surface area contributed by atoms with Crippen molar-refractivity contribution < 1.29 is 5.21 Å². The molecule has 0 atom stereocenters. The van der Waals surface area contributed by atoms with Gasteiger partial charge in [-0.05, 0) is 12.1 Å². The summed E-state index contributed by atoms with van der Waals surface area (Å²) in [5.74, 6) is 0. The number of nitrogens with zero attached hydrogens (tertiary/aromatic N) is 2. The van der Waals surface area contributed by atoms with Crippen LogP contribution < -0.4 is 10.6 Å². The molecule has 0 saturated heterocycles. The summed E-state index contributed by atoms with van der Waals surface area (Å²) >= 11 is 0. The monoisotopic (exact) mass is 181 g/mol. The third-order valence-electron chi connectivity index (χ3n) is 1.69. The number of hydrogen-bond acceptors (Lipinski definition) is 4. The second-order valence-corrected chi connectivity index (χ2v) is 2.44. The smallest absolute Gasteiger partial charge is 0.109 e. The molecule has 1 heterocycles. The zero-order chi connectivity index (χ0) is 9.84. The molecule has 0 aliphatic carbocycles. The maximum Gasteiger partial charge on any atom is 0.109 e. The lowest BCUT2D eigenvalue weighted by atomic mass is 10.3. The molecule has 72 valence electrons. The lowest BCUT2D eigenvalue weighted by Crippen LogP contribution is -2.35. The minimum atomic E-state index is 0.773. The van der Waals surface area contributed by atoms with Crippen LogP contribution in [0.25, 0.3) is 0 Å². The maximum absolute atomic E-state index is 9.35. The molecule has 0 saturated carbocycles. The van der Waals surface area contributed by atoms with E-state index in [1.54, 1.807) is 7.05 Å². The molecule has 4 heteroatoms. The number of anilines is 2. The highest BCUT2D eigenvalue weighted by molar-refractivity contribution is 5.71. The van der Waals surface area contributed by atoms with Crippen molar-refractivity contribution in [1.82, 2.24) is 5.12 Å². The SMILES string of the molecule is CC.CN1Nc2ccccc2N1O. The summed E-state index contributed by atoms with van der Waals surface area (Å²) in [6.07, 6.45) is 0. The van der Waals surface area contributed by atoms with Crippen LogP contribution in [-0.4, -0.2) is 17.4 Å². The van der Waals surface area contributed by atoms with E-state index in [0.717, 1.165) is 16.5 Å². The number of benzene rings is 1. The maximum atomic E-state index is 9.35. The Morgan fingerprint density at radius 3 is 2.46 bits per heavy atom. The van der Waals surface area contributed by atoms with Gasteiger partial charge >= 0.3 is 0 Å². The number of hydrazine groups is 2. The van der Waals surface area contributed by atoms with Gasteiger partial charge < -0.3 is 0 Å². The lowest BCUT2D eigenvalue weighted by molar-refractivity contribution is 0.120. The third-order valence-corrected chi connectivity index (χ3v) is 1.69. The Hall–Kier alpha value is -1.26. The van der Waals surface area contributed by atoms with Gasteiger partial charge in [-0.2, -0.15) is 5.17 Å². The van der Waals surface area contributed by atoms with Crippen LogP contribution in [0.2, 0.25) is 0 Å². The molecule has 0 fully saturated rings. The first kappa shape index (κ1) is 9.83. The summed E-state index contributed by atoms with van der Waals surface area (Å²) in [6, 6.07) is 7.54. The number of fused-ring (bicyclic) bond motifs is 1. The van der Waals surface area contributed by atoms with Gasteiger partial charge in [-0.1, -0.05) is 26.0 Å². The second-order valence-electron chi connectivity index (χ2n) is 2.44. The van der Waals surface area contributed by atoms with E-state index < -0.39 is 0 Å². The van der Waals surface area contributed by atoms with Crippen molar-refractivity contribution in [2.45, 2.75) is 13.8 Å². The zero-order valence-electron chi connectivity index (χ0n) is 8.15. The van der Waals surface area contributed by atoms with Crippen LogP contribution in [0.5, 0.6) is 0 Å². The number of rotatable bonds is 0. The predicted molar refractivity (Wildman–Crippen MR) is 53.4 cm³/mol. The first-order chi connectivity index (χ1) is 6.29. The molecule has 0 radical (unpaired) electrons. The summed E-state index contributed by atoms with van der Waals surface area (Å²) in [5, 5.41) is 11.9. The van der Waals surface area contributed by atoms with Gasteiger partial charge in [0.05, 0.1) is 5.69 Å². The van der Waals surface area contributed by atoms with Crippen molar-refractivity contribution >= 4 is 11.4 Å². The Morgan fingerprint density at radius 2 is 1.85 bits per heavy atom. The largest absolute Gasteiger partial charge is 0.297 e. The van der Waals surface area contributed by atoms with E-state index >= 15 is 0 Å². The van der Waals surface area contributed by atoms with Crippen molar-refractivity contribution in [3.63, 3.8) is 0 Å². The van der Waals surface area contributed by atoms with Crippen LogP contribution in [0.15, 0.2) is 24.3 Å². The normalized spacial score (nSPS) is 14.3. The quantitative estimate of drug-likeness (QED) is 0.643. The van der Waals surface area contributed by atoms with Crippen molar-refractivity contribution in [1.29, 1.82) is 0 Å². The molecular formula is C9H15N3O. The predicted octanol–water partition coefficient (Wildman–Crippen LogP) is 2.10. The Kier molecular flexibility index (Phi) is 3.11. The average molecular weight is 181 g/mol. The summed E-state index contributed by atoms with van der Waals surface area (Å²) in [5.41, 5.74) is 4.64. The van der Waals surface area contributed by atoms with E-state index in [0.29, 0.717) is 0 Å². The molecule has 0 spiro atoms. The van der Waals surface area contributed by atoms with Gasteiger partial charge in [0.1, 0.15) is 5.69 Å². The van der Waals surface area contributed by atoms with Gasteiger partial charge in [0, 0.05) is 7.05 Å². The van der Waals surface area contributed by atoms with Crippen LogP contribution in [0.1, 0.15) is 13.8 Å². The van der Waals surface area contributed by atoms with E-state index in [1.807, 2.05) is 38.1 Å². The molecule has 0 bridgehead atoms. The van der Waals surface area contributed by atoms with Gasteiger partial charge in [-0.25, -0.2) is 0 Å². The Bertz CT molecular complexity index is 277. The minimum absolute atomic E-state index is 0.773. The molecule has 0 amide bonds. The Morgan fingerprint density at radius 1 is 1.23 bits per heavy atom. The molecule has 2 rings (SSSR count). The fraction of sp³-hybridized carbons (Fsp3) is 0.333. The summed E-state index contributed by atoms with van der Waals surface area (Å²) < 4.78 is 0. The number of para-hydroxylation sites is 2. The van der Waals surface area contributed by atoms with Crippen LogP contribution in [0, 0.1) is 0 Å². The standard InChI is InChI=1S/C7H9N3O.C2H6/c1-9-8-6-4-2-3-5-7(6)10(9)11;1-2/h2-5,8,11H,1H3;1-2H3. The number of nitrogens with one attached hydrogen (secondary N) is 1. The molecule has 1 aromatic carbocycles. The fourth-order valence-electron chi connectivity index (χ4n) is 1.13. The lowest BCUT2D eigenvalue weighted by Gasteiger charge is -2.16. The molecule has 1 aliphatic heterocycles. The number of hydrogen-bond donors (Lipinski definition) is 2. The van der Waals surface area contributed by atoms with Gasteiger partial charge in [0.15, 0.2) is 0 Å². The highest BCUT2D eigenvalue weighted by atomic mass is 16.6. The van der Waals surface area contributed by atoms with Gasteiger partial charge in [-0.3, -0.25) is 10.6 Å². The van der Waals surface area contributed by atoms with Crippen LogP contribution in [0.3, 0.4) is 0 Å². The van der Waals surface area contributed by atoms with Crippen molar-refractivity contribution in [3.05, 3.63) is 24.3 Å². The molecule has 1 aliphatic rings. The van der Waals surface area contributed by atoms with Crippen molar-refractivity contribution in [2.24, 2.45) is 0 Å². The highest BCUT2D eigenvalue weighted by Gasteiger charge is 2.20. The topological polar surface area (TPSA) is 38.7 Å². The second kappa shape index (κ2) is 4.11. The molecule has 1 aromatic rings. The first-order valence-corrected chi connectivity index (χ1v) is 4.37. The zero-order valence-corrected chi connectivity index (χ0v) is 8.15. The van der Waals surface area contributed by atoms with Gasteiger partial charge in [-0.15, -0.1) is 5.12 Å². The van der Waals surface area contributed by atoms with Crippen molar-refractivity contribution in [2.75, 3.05) is 17.6 Å². The molecular weight excluding hydrogens is 166 g/mol. The van der Waals surface area contributed by atoms with E-state index in [9.17, 15) is 5.21 Å². The van der Waals surface area contributed by atoms with E-state index in [1.165, 1.54) is 5.12 Å². The van der Waals surface area contributed by atoms with E-state index in [4.69, 9.17) is 0 Å². The molecule has 0 aromatic heterocycles. The highest BCUT2D eigenvalue weighted by Crippen LogP contribution is 2.30. The summed E-state index contributed by atoms with van der Waals surface area (Å²) in [4.78, 5) is 0. The Labute approximate surface area is 78.3 Å². The minimum Gasteiger partial charge on any atom is -0.297 e. The third kappa shape index (κ3) is 1.74. The van der Waals surface area contributed by atoms with E-state index in [-0.39, 0.29) is 0 Å². The Balaban J connectivity index is 0.000000396. The fourth-order valence-corrected chi connectivity index (χ4v) is 1.13. The molecule has 4 nitrogen and oxygen atoms in total. The van der Waals surface area contributed by atoms with Crippen LogP contribution in [0.4, 0.5) is 11.4 Å². The molecule has 0 unspecified atom stereocenters. The van der Waals surface area contributed by atoms with Gasteiger partial charge in [0.25, 0.3) is 0 Å². The summed E-state index contributed by atoms with van der Waals surface area (Å²) in [7, 11) is 1.74. The van der Waals surface area contributed by atoms with Crippen LogP contribution in [-0.2, 0) is 0 Å². The molecule has 13 heavy (non-hydrogen) atoms. The molecule has 2 N–H and O–H groups in total. The van der Waals surface area contributed by atoms with Crippen LogP contribution >= 0.6 is 0 Å². The first-order valence-electron chi connectivity index (χ1n) is 4.37. The van der Waals surface area contributed by atoms with Gasteiger partial charge in [0.2, 0.25) is 0 Å². The van der Waals surface area contributed by atoms with Crippen molar-refractivity contribution in [3.8, 4) is 0 Å². The average Bonchev–Trinajstić information content (AvgIpc) is 2.47.